The first-order chi connectivity index (χ1) is 15.1. The molecule has 1 aromatic carbocycles. The van der Waals surface area contributed by atoms with Crippen molar-refractivity contribution in [1.29, 1.82) is 0 Å². The van der Waals surface area contributed by atoms with Crippen molar-refractivity contribution in [2.75, 3.05) is 15.8 Å². The molecule has 1 saturated carbocycles. The Kier molecular flexibility index (Phi) is 5.74. The predicted octanol–water partition coefficient (Wildman–Crippen LogP) is 2.95. The van der Waals surface area contributed by atoms with E-state index in [9.17, 15) is 18.0 Å². The van der Waals surface area contributed by atoms with Gasteiger partial charge in [0.15, 0.2) is 5.82 Å². The zero-order valence-electron chi connectivity index (χ0n) is 18.8. The molecule has 2 heterocycles. The summed E-state index contributed by atoms with van der Waals surface area (Å²) in [6, 6.07) is 5.44. The van der Waals surface area contributed by atoms with Crippen molar-refractivity contribution in [3.8, 4) is 11.3 Å². The average molecular weight is 460 g/mol. The Bertz CT molecular complexity index is 1180. The molecule has 0 radical (unpaired) electrons. The van der Waals surface area contributed by atoms with Gasteiger partial charge in [0.1, 0.15) is 0 Å². The standard InChI is InChI=1S/C22H29N5O4S/c1-5-8-32(30,31)25-18-10-16(19-11-20(23-14(3)28)24-26(19)4)9-17-12-27(22(29)21(17)18)13(2)15-6-7-15/h9-11,13,15,25H,5-8,12H2,1-4H3,(H,23,24,28)/t13-/m0/s1. The van der Waals surface area contributed by atoms with Gasteiger partial charge in [-0.2, -0.15) is 5.10 Å². The Morgan fingerprint density at radius 1 is 1.28 bits per heavy atom. The van der Waals surface area contributed by atoms with E-state index in [2.05, 4.69) is 22.1 Å². The molecule has 10 heteroatoms. The van der Waals surface area contributed by atoms with Crippen LogP contribution >= 0.6 is 0 Å². The number of carbonyl (C=O) groups is 2. The van der Waals surface area contributed by atoms with Gasteiger partial charge in [-0.1, -0.05) is 6.92 Å². The fourth-order valence-corrected chi connectivity index (χ4v) is 5.47. The molecule has 2 N–H and O–H groups in total. The van der Waals surface area contributed by atoms with Crippen molar-refractivity contribution in [3.05, 3.63) is 29.3 Å². The Morgan fingerprint density at radius 2 is 2.00 bits per heavy atom. The summed E-state index contributed by atoms with van der Waals surface area (Å²) in [4.78, 5) is 26.6. The molecule has 172 valence electrons. The van der Waals surface area contributed by atoms with Gasteiger partial charge in [-0.15, -0.1) is 0 Å². The molecule has 0 saturated heterocycles. The minimum absolute atomic E-state index is 0.0270. The van der Waals surface area contributed by atoms with E-state index in [1.54, 1.807) is 30.8 Å². The number of benzene rings is 1. The van der Waals surface area contributed by atoms with Crippen LogP contribution in [0.2, 0.25) is 0 Å². The Hall–Kier alpha value is -2.88. The molecule has 2 aliphatic rings. The van der Waals surface area contributed by atoms with Gasteiger partial charge < -0.3 is 10.2 Å². The van der Waals surface area contributed by atoms with Gasteiger partial charge in [0.05, 0.1) is 22.7 Å². The molecule has 2 aromatic rings. The normalized spacial score (nSPS) is 16.8. The lowest BCUT2D eigenvalue weighted by Crippen LogP contribution is -2.35. The molecule has 1 aliphatic heterocycles. The van der Waals surface area contributed by atoms with Gasteiger partial charge in [-0.05, 0) is 49.8 Å². The molecule has 9 nitrogen and oxygen atoms in total. The summed E-state index contributed by atoms with van der Waals surface area (Å²) < 4.78 is 29.4. The smallest absolute Gasteiger partial charge is 0.256 e. The molecular formula is C22H29N5O4S. The second kappa shape index (κ2) is 8.23. The minimum atomic E-state index is -3.59. The number of hydrogen-bond donors (Lipinski definition) is 2. The highest BCUT2D eigenvalue weighted by molar-refractivity contribution is 7.92. The van der Waals surface area contributed by atoms with Crippen LogP contribution < -0.4 is 10.0 Å². The van der Waals surface area contributed by atoms with E-state index in [0.717, 1.165) is 24.0 Å². The van der Waals surface area contributed by atoms with Crippen molar-refractivity contribution in [3.63, 3.8) is 0 Å². The topological polar surface area (TPSA) is 113 Å². The Balaban J connectivity index is 1.78. The van der Waals surface area contributed by atoms with Gasteiger partial charge in [0.2, 0.25) is 15.9 Å². The Labute approximate surface area is 188 Å². The number of rotatable bonds is 8. The molecule has 1 aliphatic carbocycles. The SMILES string of the molecule is CCCS(=O)(=O)Nc1cc(-c2cc(NC(C)=O)nn2C)cc2c1C(=O)N([C@@H](C)C1CC1)C2. The van der Waals surface area contributed by atoms with Crippen LogP contribution in [0.5, 0.6) is 0 Å². The molecule has 1 atom stereocenters. The highest BCUT2D eigenvalue weighted by atomic mass is 32.2. The predicted molar refractivity (Wildman–Crippen MR) is 123 cm³/mol. The lowest BCUT2D eigenvalue weighted by atomic mass is 10.0. The number of aryl methyl sites for hydroxylation is 1. The molecule has 2 amide bonds. The van der Waals surface area contributed by atoms with E-state index in [1.165, 1.54) is 6.92 Å². The number of hydrogen-bond acceptors (Lipinski definition) is 5. The van der Waals surface area contributed by atoms with Gasteiger partial charge in [-0.3, -0.25) is 19.0 Å². The monoisotopic (exact) mass is 459 g/mol. The zero-order chi connectivity index (χ0) is 23.2. The first-order valence-electron chi connectivity index (χ1n) is 10.9. The van der Waals surface area contributed by atoms with Crippen molar-refractivity contribution < 1.29 is 18.0 Å². The number of sulfonamides is 1. The van der Waals surface area contributed by atoms with Crippen LogP contribution in [0.25, 0.3) is 11.3 Å². The maximum atomic E-state index is 13.3. The number of aromatic nitrogens is 2. The highest BCUT2D eigenvalue weighted by Gasteiger charge is 2.40. The molecule has 32 heavy (non-hydrogen) atoms. The second-order valence-electron chi connectivity index (χ2n) is 8.71. The van der Waals surface area contributed by atoms with Crippen LogP contribution in [0.15, 0.2) is 18.2 Å². The lowest BCUT2D eigenvalue weighted by molar-refractivity contribution is -0.114. The third kappa shape index (κ3) is 4.36. The summed E-state index contributed by atoms with van der Waals surface area (Å²) >= 11 is 0. The van der Waals surface area contributed by atoms with E-state index in [0.29, 0.717) is 41.6 Å². The van der Waals surface area contributed by atoms with Gasteiger partial charge in [0.25, 0.3) is 5.91 Å². The fraction of sp³-hybridized carbons (Fsp3) is 0.500. The van der Waals surface area contributed by atoms with Crippen LogP contribution in [0.3, 0.4) is 0 Å². The fourth-order valence-electron chi connectivity index (χ4n) is 4.33. The van der Waals surface area contributed by atoms with E-state index in [4.69, 9.17) is 0 Å². The maximum Gasteiger partial charge on any atom is 0.256 e. The second-order valence-corrected chi connectivity index (χ2v) is 10.6. The summed E-state index contributed by atoms with van der Waals surface area (Å²) in [6.07, 6.45) is 2.70. The van der Waals surface area contributed by atoms with Crippen molar-refractivity contribution in [1.82, 2.24) is 14.7 Å². The third-order valence-corrected chi connectivity index (χ3v) is 7.53. The number of nitrogens with zero attached hydrogens (tertiary/aromatic N) is 3. The number of amides is 2. The summed E-state index contributed by atoms with van der Waals surface area (Å²) in [5.41, 5.74) is 2.93. The number of anilines is 2. The van der Waals surface area contributed by atoms with Crippen molar-refractivity contribution in [2.45, 2.75) is 52.6 Å². The number of nitrogens with one attached hydrogen (secondary N) is 2. The summed E-state index contributed by atoms with van der Waals surface area (Å²) in [6.45, 7) is 5.71. The third-order valence-electron chi connectivity index (χ3n) is 6.05. The van der Waals surface area contributed by atoms with Gasteiger partial charge >= 0.3 is 0 Å². The number of carbonyl (C=O) groups excluding carboxylic acids is 2. The highest BCUT2D eigenvalue weighted by Crippen LogP contribution is 2.41. The van der Waals surface area contributed by atoms with Crippen molar-refractivity contribution >= 4 is 33.3 Å². The molecule has 1 aromatic heterocycles. The molecular weight excluding hydrogens is 430 g/mol. The summed E-state index contributed by atoms with van der Waals surface area (Å²) in [5.74, 6) is 0.519. The summed E-state index contributed by atoms with van der Waals surface area (Å²) in [5, 5.41) is 6.97. The van der Waals surface area contributed by atoms with E-state index >= 15 is 0 Å². The van der Waals surface area contributed by atoms with Crippen LogP contribution in [0, 0.1) is 5.92 Å². The first kappa shape index (κ1) is 22.3. The first-order valence-corrected chi connectivity index (χ1v) is 12.5. The van der Waals surface area contributed by atoms with E-state index in [-0.39, 0.29) is 23.6 Å². The molecule has 4 rings (SSSR count). The van der Waals surface area contributed by atoms with Crippen LogP contribution in [-0.4, -0.2) is 46.7 Å². The van der Waals surface area contributed by atoms with E-state index < -0.39 is 10.0 Å². The van der Waals surface area contributed by atoms with E-state index in [1.807, 2.05) is 11.0 Å². The van der Waals surface area contributed by atoms with Gasteiger partial charge in [0, 0.05) is 38.2 Å². The quantitative estimate of drug-likeness (QED) is 0.630. The molecule has 0 unspecified atom stereocenters. The Morgan fingerprint density at radius 3 is 2.62 bits per heavy atom. The maximum absolute atomic E-state index is 13.3. The lowest BCUT2D eigenvalue weighted by Gasteiger charge is -2.24. The minimum Gasteiger partial charge on any atom is -0.331 e. The van der Waals surface area contributed by atoms with Crippen LogP contribution in [0.1, 0.15) is 56.0 Å². The molecule has 0 bridgehead atoms. The van der Waals surface area contributed by atoms with Crippen LogP contribution in [-0.2, 0) is 28.4 Å². The largest absolute Gasteiger partial charge is 0.331 e. The van der Waals surface area contributed by atoms with Crippen LogP contribution in [0.4, 0.5) is 11.5 Å². The number of fused-ring (bicyclic) bond motifs is 1. The molecule has 1 fully saturated rings. The van der Waals surface area contributed by atoms with Gasteiger partial charge in [-0.25, -0.2) is 8.42 Å². The average Bonchev–Trinajstić information content (AvgIpc) is 3.40. The van der Waals surface area contributed by atoms with Crippen molar-refractivity contribution in [2.24, 2.45) is 13.0 Å². The molecule has 0 spiro atoms. The summed E-state index contributed by atoms with van der Waals surface area (Å²) in [7, 11) is -1.84. The zero-order valence-corrected chi connectivity index (χ0v) is 19.6.